The fraction of sp³-hybridized carbons (Fsp3) is 0.286. The van der Waals surface area contributed by atoms with Crippen molar-refractivity contribution in [2.45, 2.75) is 12.8 Å². The van der Waals surface area contributed by atoms with E-state index in [2.05, 4.69) is 30.8 Å². The first kappa shape index (κ1) is 22.6. The zero-order valence-corrected chi connectivity index (χ0v) is 18.2. The molecule has 2 aromatic carbocycles. The van der Waals surface area contributed by atoms with Crippen LogP contribution in [0.3, 0.4) is 0 Å². The Labute approximate surface area is 193 Å². The molecule has 0 fully saturated rings. The quantitative estimate of drug-likeness (QED) is 0.153. The second-order valence-electron chi connectivity index (χ2n) is 7.48. The zero-order valence-electron chi connectivity index (χ0n) is 18.2. The van der Waals surface area contributed by atoms with Gasteiger partial charge in [-0.15, -0.1) is 0 Å². The molecule has 0 saturated heterocycles. The van der Waals surface area contributed by atoms with E-state index in [0.29, 0.717) is 76.4 Å². The Morgan fingerprint density at radius 3 is 2.29 bits per heavy atom. The van der Waals surface area contributed by atoms with Gasteiger partial charge in [-0.05, 0) is 29.8 Å². The van der Waals surface area contributed by atoms with Crippen LogP contribution < -0.4 is 20.0 Å². The number of nitrogens with zero attached hydrogens (tertiary/aromatic N) is 6. The average Bonchev–Trinajstić information content (AvgIpc) is 2.83. The van der Waals surface area contributed by atoms with Crippen molar-refractivity contribution in [2.75, 3.05) is 36.8 Å². The Kier molecular flexibility index (Phi) is 6.91. The number of amides is 1. The van der Waals surface area contributed by atoms with Crippen molar-refractivity contribution in [3.05, 3.63) is 58.6 Å². The summed E-state index contributed by atoms with van der Waals surface area (Å²) in [5.74, 6) is 0.500. The highest BCUT2D eigenvalue weighted by atomic mass is 16.5. The molecule has 2 aromatic heterocycles. The van der Waals surface area contributed by atoms with E-state index in [1.165, 1.54) is 4.90 Å². The number of hydrogen-bond donors (Lipinski definition) is 4. The van der Waals surface area contributed by atoms with E-state index >= 15 is 0 Å². The maximum absolute atomic E-state index is 12.0. The molecule has 176 valence electrons. The number of hydrogen-bond acceptors (Lipinski definition) is 8. The van der Waals surface area contributed by atoms with Gasteiger partial charge in [-0.3, -0.25) is 0 Å². The van der Waals surface area contributed by atoms with Gasteiger partial charge in [0.2, 0.25) is 0 Å². The van der Waals surface area contributed by atoms with E-state index in [0.717, 1.165) is 0 Å². The van der Waals surface area contributed by atoms with Crippen molar-refractivity contribution in [2.24, 2.45) is 0 Å². The highest BCUT2D eigenvalue weighted by Gasteiger charge is 2.13. The van der Waals surface area contributed by atoms with E-state index in [1.54, 1.807) is 48.5 Å². The Bertz CT molecular complexity index is 1360. The summed E-state index contributed by atoms with van der Waals surface area (Å²) in [6, 6.07) is 13.8. The smallest absolute Gasteiger partial charge is 0.407 e. The molecule has 13 nitrogen and oxygen atoms in total. The lowest BCUT2D eigenvalue weighted by molar-refractivity contribution is -0.641. The molecule has 0 unspecified atom stereocenters. The first-order valence-corrected chi connectivity index (χ1v) is 10.7. The summed E-state index contributed by atoms with van der Waals surface area (Å²) >= 11 is 0. The van der Waals surface area contributed by atoms with Crippen molar-refractivity contribution >= 4 is 40.1 Å². The fourth-order valence-electron chi connectivity index (χ4n) is 3.43. The van der Waals surface area contributed by atoms with Crippen LogP contribution in [-0.4, -0.2) is 62.4 Å². The minimum atomic E-state index is -1.02. The Morgan fingerprint density at radius 2 is 1.59 bits per heavy atom. The second-order valence-corrected chi connectivity index (χ2v) is 7.48. The summed E-state index contributed by atoms with van der Waals surface area (Å²) in [5, 5.41) is 33.8. The number of carboxylic acid groups (broad SMARTS) is 1. The average molecular weight is 466 g/mol. The maximum atomic E-state index is 12.0. The zero-order chi connectivity index (χ0) is 23.9. The van der Waals surface area contributed by atoms with Crippen LogP contribution in [0.25, 0.3) is 22.1 Å². The molecule has 0 atom stereocenters. The van der Waals surface area contributed by atoms with Gasteiger partial charge < -0.3 is 25.8 Å². The summed E-state index contributed by atoms with van der Waals surface area (Å²) < 4.78 is 0.634. The largest absolute Gasteiger partial charge is 0.594 e. The molecule has 1 amide bonds. The molecular weight excluding hydrogens is 442 g/mol. The van der Waals surface area contributed by atoms with Gasteiger partial charge >= 0.3 is 11.6 Å². The summed E-state index contributed by atoms with van der Waals surface area (Å²) in [5.41, 5.74) is 1.88. The number of anilines is 2. The topological polar surface area (TPSA) is 169 Å². The lowest BCUT2D eigenvalue weighted by atomic mass is 10.3. The summed E-state index contributed by atoms with van der Waals surface area (Å²) in [6.45, 7) is 1.44. The van der Waals surface area contributed by atoms with E-state index < -0.39 is 6.09 Å². The number of H-pyrrole nitrogens is 1. The molecule has 4 rings (SSSR count). The van der Waals surface area contributed by atoms with Gasteiger partial charge in [-0.25, -0.2) is 14.8 Å². The molecule has 34 heavy (non-hydrogen) atoms. The van der Waals surface area contributed by atoms with Crippen LogP contribution in [0.1, 0.15) is 12.8 Å². The van der Waals surface area contributed by atoms with Gasteiger partial charge in [0.25, 0.3) is 17.4 Å². The molecule has 0 aliphatic carbocycles. The Balaban J connectivity index is 1.23. The van der Waals surface area contributed by atoms with Crippen LogP contribution in [0.4, 0.5) is 16.7 Å². The minimum Gasteiger partial charge on any atom is -0.594 e. The van der Waals surface area contributed by atoms with Crippen LogP contribution in [0.15, 0.2) is 48.5 Å². The molecule has 4 aromatic rings. The van der Waals surface area contributed by atoms with Crippen molar-refractivity contribution in [1.29, 1.82) is 0 Å². The molecule has 0 spiro atoms. The molecule has 4 N–H and O–H groups in total. The number of carbonyl (C=O) groups is 1. The van der Waals surface area contributed by atoms with Crippen LogP contribution in [0.2, 0.25) is 0 Å². The van der Waals surface area contributed by atoms with Gasteiger partial charge in [-0.2, -0.15) is 0 Å². The molecule has 0 bridgehead atoms. The maximum Gasteiger partial charge on any atom is 0.407 e. The molecule has 0 saturated carbocycles. The standard InChI is InChI=1S/C21H23N9O4/c31-21(32)28(13-5-11-22-19-24-15-7-1-3-9-17(15)29(33)26-19)14-6-12-23-20-25-16-8-2-4-10-18(16)30(34)27-20/h1-4,7-10H,5-6,11-14H2,(H3-,22,23,24,25,26,27,31,32,33)/p+1. The summed E-state index contributed by atoms with van der Waals surface area (Å²) in [4.78, 5) is 34.0. The lowest BCUT2D eigenvalue weighted by Gasteiger charge is -2.19. The second kappa shape index (κ2) is 10.4. The van der Waals surface area contributed by atoms with Gasteiger partial charge in [0.1, 0.15) is 11.0 Å². The minimum absolute atomic E-state index is 0.189. The number of benzene rings is 2. The van der Waals surface area contributed by atoms with Gasteiger partial charge in [-0.1, -0.05) is 29.4 Å². The predicted octanol–water partition coefficient (Wildman–Crippen LogP) is 1.34. The number of aromatic amines is 1. The highest BCUT2D eigenvalue weighted by molar-refractivity contribution is 5.71. The molecule has 13 heteroatoms. The number of fused-ring (bicyclic) bond motifs is 2. The highest BCUT2D eigenvalue weighted by Crippen LogP contribution is 2.08. The SMILES string of the molecule is O=C(O)N(CCCNc1nc2ccccc2[n+]([O-])n1)CCCNc1nc2ccccc2[n+](=O)[nH]1. The van der Waals surface area contributed by atoms with Crippen molar-refractivity contribution in [1.82, 2.24) is 25.1 Å². The Morgan fingerprint density at radius 1 is 0.971 bits per heavy atom. The molecule has 2 heterocycles. The van der Waals surface area contributed by atoms with E-state index in [1.807, 2.05) is 0 Å². The third-order valence-corrected chi connectivity index (χ3v) is 5.10. The molecular formula is C21H24N9O4+. The van der Waals surface area contributed by atoms with Gasteiger partial charge in [0.05, 0.1) is 10.0 Å². The van der Waals surface area contributed by atoms with Gasteiger partial charge in [0, 0.05) is 38.3 Å². The first-order chi connectivity index (χ1) is 16.5. The molecule has 0 aliphatic heterocycles. The number of para-hydroxylation sites is 4. The van der Waals surface area contributed by atoms with Crippen molar-refractivity contribution in [3.8, 4) is 0 Å². The first-order valence-electron chi connectivity index (χ1n) is 10.7. The van der Waals surface area contributed by atoms with E-state index in [-0.39, 0.29) is 5.95 Å². The number of rotatable bonds is 10. The lowest BCUT2D eigenvalue weighted by Crippen LogP contribution is -2.35. The molecule has 0 radical (unpaired) electrons. The Hall–Kier alpha value is -4.55. The predicted molar refractivity (Wildman–Crippen MR) is 124 cm³/mol. The fourth-order valence-corrected chi connectivity index (χ4v) is 3.43. The van der Waals surface area contributed by atoms with Crippen LogP contribution in [-0.2, 0) is 0 Å². The number of nitrogens with one attached hydrogen (secondary N) is 3. The van der Waals surface area contributed by atoms with Crippen LogP contribution in [0.5, 0.6) is 0 Å². The van der Waals surface area contributed by atoms with Gasteiger partial charge in [0.15, 0.2) is 4.54 Å². The van der Waals surface area contributed by atoms with Crippen LogP contribution in [0, 0.1) is 10.1 Å². The summed E-state index contributed by atoms with van der Waals surface area (Å²) in [6.07, 6.45) is 0.00251. The van der Waals surface area contributed by atoms with Crippen molar-refractivity contribution < 1.29 is 19.3 Å². The van der Waals surface area contributed by atoms with Crippen LogP contribution >= 0.6 is 0 Å². The third kappa shape index (κ3) is 5.43. The van der Waals surface area contributed by atoms with E-state index in [4.69, 9.17) is 0 Å². The normalized spacial score (nSPS) is 10.9. The summed E-state index contributed by atoms with van der Waals surface area (Å²) in [7, 11) is 0. The van der Waals surface area contributed by atoms with E-state index in [9.17, 15) is 20.0 Å². The molecule has 0 aliphatic rings. The van der Waals surface area contributed by atoms with Crippen molar-refractivity contribution in [3.63, 3.8) is 0 Å². The monoisotopic (exact) mass is 466 g/mol. The number of aromatic nitrogens is 6. The third-order valence-electron chi connectivity index (χ3n) is 5.10.